The first-order valence-corrected chi connectivity index (χ1v) is 8.58. The molecule has 25 heavy (non-hydrogen) atoms. The molecule has 1 saturated heterocycles. The Morgan fingerprint density at radius 3 is 2.60 bits per heavy atom. The molecule has 0 radical (unpaired) electrons. The number of nitrogens with zero attached hydrogens (tertiary/aromatic N) is 1. The third-order valence-corrected chi connectivity index (χ3v) is 4.01. The smallest absolute Gasteiger partial charge is 0.413 e. The van der Waals surface area contributed by atoms with Crippen molar-refractivity contribution in [1.82, 2.24) is 4.90 Å². The summed E-state index contributed by atoms with van der Waals surface area (Å²) in [5.74, 6) is 0. The molecule has 1 aliphatic heterocycles. The van der Waals surface area contributed by atoms with Crippen LogP contribution in [0.15, 0.2) is 43.0 Å². The number of ether oxygens (including phenoxy) is 3. The summed E-state index contributed by atoms with van der Waals surface area (Å²) in [7, 11) is 0. The van der Waals surface area contributed by atoms with E-state index in [4.69, 9.17) is 14.2 Å². The molecule has 138 valence electrons. The standard InChI is InChI=1S/C20H29NO4/c1-7-17(23-13-15-11-9-8-10-12-15)16-14-24-20(5,6)21(16)18(22)25-19(2,3)4/h7-12,16-17H,1,13-14H2,2-6H3/t16-,17?/m0/s1. The number of carbonyl (C=O) groups excluding carboxylic acids is 1. The van der Waals surface area contributed by atoms with Crippen LogP contribution in [0.3, 0.4) is 0 Å². The lowest BCUT2D eigenvalue weighted by Gasteiger charge is -2.36. The second kappa shape index (κ2) is 7.58. The maximum atomic E-state index is 12.7. The van der Waals surface area contributed by atoms with Gasteiger partial charge in [0.05, 0.1) is 25.4 Å². The van der Waals surface area contributed by atoms with Crippen LogP contribution >= 0.6 is 0 Å². The molecule has 1 amide bonds. The SMILES string of the molecule is C=CC(OCc1ccccc1)[C@@H]1COC(C)(C)N1C(=O)OC(C)(C)C. The molecule has 5 heteroatoms. The van der Waals surface area contributed by atoms with Crippen LogP contribution < -0.4 is 0 Å². The van der Waals surface area contributed by atoms with E-state index in [-0.39, 0.29) is 12.1 Å². The molecule has 1 aromatic rings. The molecule has 0 N–H and O–H groups in total. The van der Waals surface area contributed by atoms with Crippen LogP contribution in [0.1, 0.15) is 40.2 Å². The molecule has 0 bridgehead atoms. The molecule has 0 aliphatic carbocycles. The molecule has 1 aromatic carbocycles. The summed E-state index contributed by atoms with van der Waals surface area (Å²) < 4.78 is 17.4. The monoisotopic (exact) mass is 347 g/mol. The van der Waals surface area contributed by atoms with Crippen LogP contribution in [0.4, 0.5) is 4.79 Å². The molecule has 5 nitrogen and oxygen atoms in total. The van der Waals surface area contributed by atoms with Crippen LogP contribution in [-0.2, 0) is 20.8 Å². The fourth-order valence-corrected chi connectivity index (χ4v) is 2.84. The van der Waals surface area contributed by atoms with Gasteiger partial charge in [0.15, 0.2) is 0 Å². The van der Waals surface area contributed by atoms with Crippen LogP contribution in [0.25, 0.3) is 0 Å². The molecule has 2 rings (SSSR count). The van der Waals surface area contributed by atoms with Crippen molar-refractivity contribution in [1.29, 1.82) is 0 Å². The number of hydrogen-bond donors (Lipinski definition) is 0. The molecule has 0 saturated carbocycles. The highest BCUT2D eigenvalue weighted by atomic mass is 16.6. The van der Waals surface area contributed by atoms with Gasteiger partial charge in [0.25, 0.3) is 0 Å². The molecule has 1 aliphatic rings. The van der Waals surface area contributed by atoms with Gasteiger partial charge in [-0.15, -0.1) is 6.58 Å². The predicted octanol–water partition coefficient (Wildman–Crippen LogP) is 4.13. The summed E-state index contributed by atoms with van der Waals surface area (Å²) >= 11 is 0. The molecule has 0 spiro atoms. The molecule has 2 atom stereocenters. The number of benzene rings is 1. The molecule has 1 fully saturated rings. The zero-order valence-electron chi connectivity index (χ0n) is 15.8. The van der Waals surface area contributed by atoms with E-state index in [0.29, 0.717) is 13.2 Å². The van der Waals surface area contributed by atoms with Gasteiger partial charge in [0.2, 0.25) is 0 Å². The van der Waals surface area contributed by atoms with Crippen LogP contribution in [0, 0.1) is 0 Å². The van der Waals surface area contributed by atoms with Crippen molar-refractivity contribution in [3.8, 4) is 0 Å². The van der Waals surface area contributed by atoms with Crippen molar-refractivity contribution in [2.75, 3.05) is 6.61 Å². The van der Waals surface area contributed by atoms with Crippen LogP contribution in [-0.4, -0.2) is 41.1 Å². The van der Waals surface area contributed by atoms with Gasteiger partial charge in [-0.1, -0.05) is 36.4 Å². The maximum Gasteiger partial charge on any atom is 0.413 e. The summed E-state index contributed by atoms with van der Waals surface area (Å²) in [6, 6.07) is 9.62. The Bertz CT molecular complexity index is 591. The van der Waals surface area contributed by atoms with Crippen molar-refractivity contribution in [2.24, 2.45) is 0 Å². The zero-order valence-corrected chi connectivity index (χ0v) is 15.8. The highest BCUT2D eigenvalue weighted by Gasteiger charge is 2.48. The van der Waals surface area contributed by atoms with Crippen molar-refractivity contribution in [3.05, 3.63) is 48.6 Å². The summed E-state index contributed by atoms with van der Waals surface area (Å²) in [6.07, 6.45) is 0.958. The first-order chi connectivity index (χ1) is 11.6. The summed E-state index contributed by atoms with van der Waals surface area (Å²) in [5.41, 5.74) is -0.268. The highest BCUT2D eigenvalue weighted by molar-refractivity contribution is 5.70. The normalized spacial score (nSPS) is 21.0. The van der Waals surface area contributed by atoms with Crippen molar-refractivity contribution in [3.63, 3.8) is 0 Å². The Balaban J connectivity index is 2.12. The Morgan fingerprint density at radius 1 is 1.40 bits per heavy atom. The third-order valence-electron chi connectivity index (χ3n) is 4.01. The zero-order chi connectivity index (χ0) is 18.7. The molecular formula is C20H29NO4. The fourth-order valence-electron chi connectivity index (χ4n) is 2.84. The van der Waals surface area contributed by atoms with Gasteiger partial charge in [-0.25, -0.2) is 4.79 Å². The first-order valence-electron chi connectivity index (χ1n) is 8.58. The van der Waals surface area contributed by atoms with Crippen molar-refractivity contribution < 1.29 is 19.0 Å². The van der Waals surface area contributed by atoms with E-state index in [9.17, 15) is 4.79 Å². The Morgan fingerprint density at radius 2 is 2.04 bits per heavy atom. The van der Waals surface area contributed by atoms with E-state index >= 15 is 0 Å². The molecule has 1 unspecified atom stereocenters. The second-order valence-electron chi connectivity index (χ2n) is 7.67. The maximum absolute atomic E-state index is 12.7. The Hall–Kier alpha value is -1.85. The van der Waals surface area contributed by atoms with Crippen molar-refractivity contribution >= 4 is 6.09 Å². The Labute approximate surface area is 150 Å². The van der Waals surface area contributed by atoms with Gasteiger partial charge < -0.3 is 14.2 Å². The molecule has 1 heterocycles. The number of rotatable bonds is 5. The average molecular weight is 347 g/mol. The average Bonchev–Trinajstić information content (AvgIpc) is 2.83. The topological polar surface area (TPSA) is 48.0 Å². The van der Waals surface area contributed by atoms with E-state index in [2.05, 4.69) is 6.58 Å². The minimum Gasteiger partial charge on any atom is -0.444 e. The third kappa shape index (κ3) is 5.06. The van der Waals surface area contributed by atoms with Gasteiger partial charge >= 0.3 is 6.09 Å². The Kier molecular flexibility index (Phi) is 5.91. The lowest BCUT2D eigenvalue weighted by molar-refractivity contribution is -0.0698. The minimum atomic E-state index is -0.760. The van der Waals surface area contributed by atoms with Crippen LogP contribution in [0.2, 0.25) is 0 Å². The fraction of sp³-hybridized carbons (Fsp3) is 0.550. The van der Waals surface area contributed by atoms with E-state index in [1.54, 1.807) is 11.0 Å². The summed E-state index contributed by atoms with van der Waals surface area (Å²) in [6.45, 7) is 13.9. The van der Waals surface area contributed by atoms with E-state index < -0.39 is 17.4 Å². The van der Waals surface area contributed by atoms with Crippen LogP contribution in [0.5, 0.6) is 0 Å². The quantitative estimate of drug-likeness (QED) is 0.752. The van der Waals surface area contributed by atoms with E-state index in [1.807, 2.05) is 65.0 Å². The van der Waals surface area contributed by atoms with Gasteiger partial charge in [0.1, 0.15) is 11.3 Å². The van der Waals surface area contributed by atoms with Gasteiger partial charge in [-0.2, -0.15) is 0 Å². The number of carbonyl (C=O) groups is 1. The summed E-state index contributed by atoms with van der Waals surface area (Å²) in [5, 5.41) is 0. The van der Waals surface area contributed by atoms with Gasteiger partial charge in [0, 0.05) is 0 Å². The minimum absolute atomic E-state index is 0.286. The second-order valence-corrected chi connectivity index (χ2v) is 7.67. The molecule has 0 aromatic heterocycles. The largest absolute Gasteiger partial charge is 0.444 e. The lowest BCUT2D eigenvalue weighted by atomic mass is 10.1. The highest BCUT2D eigenvalue weighted by Crippen LogP contribution is 2.32. The van der Waals surface area contributed by atoms with Crippen molar-refractivity contribution in [2.45, 2.75) is 64.7 Å². The number of hydrogen-bond acceptors (Lipinski definition) is 4. The number of amides is 1. The molecular weight excluding hydrogens is 318 g/mol. The lowest BCUT2D eigenvalue weighted by Crippen LogP contribution is -2.53. The van der Waals surface area contributed by atoms with Gasteiger partial charge in [-0.3, -0.25) is 4.90 Å². The summed E-state index contributed by atoms with van der Waals surface area (Å²) in [4.78, 5) is 14.3. The predicted molar refractivity (Wildman–Crippen MR) is 97.1 cm³/mol. The van der Waals surface area contributed by atoms with E-state index in [0.717, 1.165) is 5.56 Å². The van der Waals surface area contributed by atoms with E-state index in [1.165, 1.54) is 0 Å². The first kappa shape index (κ1) is 19.5. The van der Waals surface area contributed by atoms with Gasteiger partial charge in [-0.05, 0) is 40.2 Å².